The number of anilines is 1. The van der Waals surface area contributed by atoms with Crippen molar-refractivity contribution in [3.8, 4) is 11.5 Å². The summed E-state index contributed by atoms with van der Waals surface area (Å²) in [6.45, 7) is 2.12. The summed E-state index contributed by atoms with van der Waals surface area (Å²) in [5.74, 6) is 0.394. The first kappa shape index (κ1) is 22.1. The molecular weight excluding hydrogens is 434 g/mol. The van der Waals surface area contributed by atoms with E-state index in [9.17, 15) is 18.0 Å². The van der Waals surface area contributed by atoms with Gasteiger partial charge in [-0.05, 0) is 55.7 Å². The smallest absolute Gasteiger partial charge is 0.265 e. The van der Waals surface area contributed by atoms with Crippen molar-refractivity contribution in [2.24, 2.45) is 0 Å². The summed E-state index contributed by atoms with van der Waals surface area (Å²) in [6.07, 6.45) is 0.366. The fourth-order valence-corrected chi connectivity index (χ4v) is 5.55. The van der Waals surface area contributed by atoms with Crippen LogP contribution in [0.2, 0.25) is 0 Å². The van der Waals surface area contributed by atoms with Crippen LogP contribution in [0.25, 0.3) is 0 Å². The van der Waals surface area contributed by atoms with Crippen LogP contribution in [0.1, 0.15) is 25.3 Å². The van der Waals surface area contributed by atoms with Crippen LogP contribution in [0.5, 0.6) is 11.5 Å². The van der Waals surface area contributed by atoms with Gasteiger partial charge in [0, 0.05) is 13.1 Å². The number of hydrogen-bond donors (Lipinski definition) is 2. The van der Waals surface area contributed by atoms with Crippen LogP contribution in [-0.2, 0) is 26.2 Å². The van der Waals surface area contributed by atoms with Gasteiger partial charge in [0.2, 0.25) is 15.9 Å². The third-order valence-electron chi connectivity index (χ3n) is 5.60. The van der Waals surface area contributed by atoms with Crippen molar-refractivity contribution in [1.82, 2.24) is 9.62 Å². The number of methoxy groups -OCH3 is 1. The van der Waals surface area contributed by atoms with Crippen LogP contribution in [0.4, 0.5) is 5.69 Å². The number of fused-ring (bicyclic) bond motifs is 1. The molecule has 4 rings (SSSR count). The normalized spacial score (nSPS) is 20.8. The number of hydrogen-bond acceptors (Lipinski definition) is 6. The van der Waals surface area contributed by atoms with Crippen LogP contribution in [-0.4, -0.2) is 50.3 Å². The molecule has 0 aliphatic carbocycles. The van der Waals surface area contributed by atoms with E-state index in [1.807, 2.05) is 24.3 Å². The van der Waals surface area contributed by atoms with E-state index in [1.54, 1.807) is 14.0 Å². The van der Waals surface area contributed by atoms with Gasteiger partial charge in [0.05, 0.1) is 17.7 Å². The standard InChI is InChI=1S/C22H25N3O6S/c1-14-21(26)24-18-12-17(8-9-20(18)31-14)32(28,29)25-10-4-7-19(25)22(27)23-13-15-5-3-6-16(11-15)30-2/h3,5-6,8-9,11-12,14,19H,4,7,10,13H2,1-2H3,(H,23,27)(H,24,26). The minimum Gasteiger partial charge on any atom is -0.497 e. The Bertz CT molecular complexity index is 1150. The lowest BCUT2D eigenvalue weighted by Gasteiger charge is -2.26. The molecule has 170 valence electrons. The molecule has 10 heteroatoms. The molecule has 9 nitrogen and oxygen atoms in total. The Balaban J connectivity index is 1.50. The molecule has 0 saturated carbocycles. The highest BCUT2D eigenvalue weighted by Gasteiger charge is 2.40. The predicted octanol–water partition coefficient (Wildman–Crippen LogP) is 1.88. The summed E-state index contributed by atoms with van der Waals surface area (Å²) in [5, 5.41) is 5.49. The van der Waals surface area contributed by atoms with E-state index >= 15 is 0 Å². The second-order valence-corrected chi connectivity index (χ2v) is 9.64. The molecule has 32 heavy (non-hydrogen) atoms. The number of carbonyl (C=O) groups excluding carboxylic acids is 2. The molecule has 2 aliphatic rings. The fraction of sp³-hybridized carbons (Fsp3) is 0.364. The highest BCUT2D eigenvalue weighted by molar-refractivity contribution is 7.89. The maximum atomic E-state index is 13.3. The number of rotatable bonds is 6. The van der Waals surface area contributed by atoms with E-state index in [1.165, 1.54) is 22.5 Å². The molecule has 2 N–H and O–H groups in total. The van der Waals surface area contributed by atoms with E-state index < -0.39 is 22.2 Å². The van der Waals surface area contributed by atoms with Crippen molar-refractivity contribution in [2.75, 3.05) is 19.0 Å². The van der Waals surface area contributed by atoms with Gasteiger partial charge in [-0.3, -0.25) is 9.59 Å². The van der Waals surface area contributed by atoms with Crippen molar-refractivity contribution in [1.29, 1.82) is 0 Å². The summed E-state index contributed by atoms with van der Waals surface area (Å²) in [4.78, 5) is 24.7. The summed E-state index contributed by atoms with van der Waals surface area (Å²) < 4.78 is 38.5. The van der Waals surface area contributed by atoms with Crippen LogP contribution < -0.4 is 20.1 Å². The highest BCUT2D eigenvalue weighted by Crippen LogP contribution is 2.34. The quantitative estimate of drug-likeness (QED) is 0.682. The molecule has 2 amide bonds. The first-order chi connectivity index (χ1) is 15.3. The van der Waals surface area contributed by atoms with Gasteiger partial charge in [-0.1, -0.05) is 12.1 Å². The van der Waals surface area contributed by atoms with E-state index in [-0.39, 0.29) is 29.8 Å². The molecule has 2 heterocycles. The van der Waals surface area contributed by atoms with Gasteiger partial charge in [-0.2, -0.15) is 4.31 Å². The van der Waals surface area contributed by atoms with Crippen LogP contribution in [0, 0.1) is 0 Å². The molecular formula is C22H25N3O6S. The largest absolute Gasteiger partial charge is 0.497 e. The molecule has 0 spiro atoms. The second kappa shape index (κ2) is 8.79. The van der Waals surface area contributed by atoms with Gasteiger partial charge in [0.15, 0.2) is 6.10 Å². The second-order valence-electron chi connectivity index (χ2n) is 7.75. The molecule has 0 bridgehead atoms. The monoisotopic (exact) mass is 459 g/mol. The van der Waals surface area contributed by atoms with Gasteiger partial charge >= 0.3 is 0 Å². The van der Waals surface area contributed by atoms with Crippen molar-refractivity contribution >= 4 is 27.5 Å². The third kappa shape index (κ3) is 4.28. The zero-order valence-electron chi connectivity index (χ0n) is 17.8. The van der Waals surface area contributed by atoms with E-state index in [0.717, 1.165) is 5.56 Å². The molecule has 1 saturated heterocycles. The lowest BCUT2D eigenvalue weighted by molar-refractivity contribution is -0.124. The van der Waals surface area contributed by atoms with Crippen LogP contribution in [0.3, 0.4) is 0 Å². The van der Waals surface area contributed by atoms with Crippen molar-refractivity contribution in [3.05, 3.63) is 48.0 Å². The number of ether oxygens (including phenoxy) is 2. The number of benzene rings is 2. The van der Waals surface area contributed by atoms with Crippen LogP contribution in [0.15, 0.2) is 47.4 Å². The zero-order valence-corrected chi connectivity index (χ0v) is 18.6. The van der Waals surface area contributed by atoms with Gasteiger partial charge < -0.3 is 20.1 Å². The molecule has 2 aromatic rings. The Morgan fingerprint density at radius 3 is 2.88 bits per heavy atom. The first-order valence-corrected chi connectivity index (χ1v) is 11.8. The SMILES string of the molecule is COc1cccc(CNC(=O)C2CCCN2S(=O)(=O)c2ccc3c(c2)NC(=O)C(C)O3)c1. The Hall–Kier alpha value is -3.11. The Morgan fingerprint density at radius 1 is 1.28 bits per heavy atom. The van der Waals surface area contributed by atoms with Gasteiger partial charge in [-0.15, -0.1) is 0 Å². The third-order valence-corrected chi connectivity index (χ3v) is 7.50. The Kier molecular flexibility index (Phi) is 6.07. The van der Waals surface area contributed by atoms with Crippen molar-refractivity contribution < 1.29 is 27.5 Å². The lowest BCUT2D eigenvalue weighted by atomic mass is 10.2. The first-order valence-electron chi connectivity index (χ1n) is 10.3. The summed E-state index contributed by atoms with van der Waals surface area (Å²) in [5.41, 5.74) is 1.15. The van der Waals surface area contributed by atoms with E-state index in [2.05, 4.69) is 10.6 Å². The topological polar surface area (TPSA) is 114 Å². The van der Waals surface area contributed by atoms with Gasteiger partial charge in [-0.25, -0.2) is 8.42 Å². The summed E-state index contributed by atoms with van der Waals surface area (Å²) >= 11 is 0. The number of nitrogens with zero attached hydrogens (tertiary/aromatic N) is 1. The minimum atomic E-state index is -3.95. The Morgan fingerprint density at radius 2 is 2.09 bits per heavy atom. The maximum Gasteiger partial charge on any atom is 0.265 e. The maximum absolute atomic E-state index is 13.3. The molecule has 0 radical (unpaired) electrons. The zero-order chi connectivity index (χ0) is 22.9. The van der Waals surface area contributed by atoms with Crippen LogP contribution >= 0.6 is 0 Å². The molecule has 2 atom stereocenters. The van der Waals surface area contributed by atoms with E-state index in [0.29, 0.717) is 30.0 Å². The number of sulfonamides is 1. The number of carbonyl (C=O) groups is 2. The summed E-state index contributed by atoms with van der Waals surface area (Å²) in [7, 11) is -2.38. The highest BCUT2D eigenvalue weighted by atomic mass is 32.2. The number of amides is 2. The lowest BCUT2D eigenvalue weighted by Crippen LogP contribution is -2.45. The van der Waals surface area contributed by atoms with Gasteiger partial charge in [0.1, 0.15) is 17.5 Å². The Labute approximate surface area is 186 Å². The number of nitrogens with one attached hydrogen (secondary N) is 2. The molecule has 2 aliphatic heterocycles. The molecule has 2 aromatic carbocycles. The molecule has 1 fully saturated rings. The summed E-state index contributed by atoms with van der Waals surface area (Å²) in [6, 6.07) is 10.8. The minimum absolute atomic E-state index is 0.00204. The fourth-order valence-electron chi connectivity index (χ4n) is 3.86. The van der Waals surface area contributed by atoms with Crippen molar-refractivity contribution in [3.63, 3.8) is 0 Å². The van der Waals surface area contributed by atoms with E-state index in [4.69, 9.17) is 9.47 Å². The van der Waals surface area contributed by atoms with Gasteiger partial charge in [0.25, 0.3) is 5.91 Å². The van der Waals surface area contributed by atoms with Crippen molar-refractivity contribution in [2.45, 2.75) is 43.4 Å². The molecule has 2 unspecified atom stereocenters. The molecule has 0 aromatic heterocycles. The predicted molar refractivity (Wildman–Crippen MR) is 117 cm³/mol. The average molecular weight is 460 g/mol. The average Bonchev–Trinajstić information content (AvgIpc) is 3.29.